The lowest BCUT2D eigenvalue weighted by atomic mass is 9.83. The van der Waals surface area contributed by atoms with E-state index in [4.69, 9.17) is 23.2 Å². The van der Waals surface area contributed by atoms with Crippen molar-refractivity contribution >= 4 is 40.8 Å². The van der Waals surface area contributed by atoms with Crippen LogP contribution in [0.4, 0.5) is 0 Å². The first-order valence-corrected chi connectivity index (χ1v) is 8.37. The molecule has 0 unspecified atom stereocenters. The van der Waals surface area contributed by atoms with E-state index in [1.807, 2.05) is 6.07 Å². The van der Waals surface area contributed by atoms with E-state index in [1.54, 1.807) is 52.6 Å². The van der Waals surface area contributed by atoms with Crippen LogP contribution in [0.15, 0.2) is 52.8 Å². The Balaban J connectivity index is 1.76. The van der Waals surface area contributed by atoms with E-state index in [2.05, 4.69) is 6.01 Å². The summed E-state index contributed by atoms with van der Waals surface area (Å²) in [7, 11) is 1.75. The zero-order valence-electron chi connectivity index (χ0n) is 13.2. The van der Waals surface area contributed by atoms with Crippen molar-refractivity contribution in [2.75, 3.05) is 7.05 Å². The van der Waals surface area contributed by atoms with Gasteiger partial charge in [-0.15, -0.1) is 0 Å². The van der Waals surface area contributed by atoms with E-state index in [9.17, 15) is 9.59 Å². The second-order valence-electron chi connectivity index (χ2n) is 5.91. The topological polar surface area (TPSA) is 40.2 Å². The van der Waals surface area contributed by atoms with Crippen molar-refractivity contribution in [2.45, 2.75) is 6.54 Å². The summed E-state index contributed by atoms with van der Waals surface area (Å²) in [5.74, 6) is -0.269. The molecule has 0 radical (unpaired) electrons. The third-order valence-electron chi connectivity index (χ3n) is 4.30. The van der Waals surface area contributed by atoms with Crippen LogP contribution in [0.3, 0.4) is 0 Å². The Morgan fingerprint density at radius 2 is 1.48 bits per heavy atom. The van der Waals surface area contributed by atoms with Gasteiger partial charge in [-0.2, -0.15) is 0 Å². The highest BCUT2D eigenvalue weighted by Crippen LogP contribution is 2.28. The Morgan fingerprint density at radius 1 is 0.880 bits per heavy atom. The van der Waals surface area contributed by atoms with Crippen LogP contribution in [0.1, 0.15) is 37.4 Å². The van der Waals surface area contributed by atoms with Gasteiger partial charge in [0.05, 0.1) is 0 Å². The molecule has 0 N–H and O–H groups in total. The van der Waals surface area contributed by atoms with Crippen molar-refractivity contribution in [3.63, 3.8) is 0 Å². The average Bonchev–Trinajstić information content (AvgIpc) is 2.86. The maximum Gasteiger partial charge on any atom is 0.491 e. The molecule has 6 heteroatoms. The van der Waals surface area contributed by atoms with Crippen LogP contribution in [0.2, 0.25) is 0 Å². The van der Waals surface area contributed by atoms with Gasteiger partial charge in [0.25, 0.3) is 0 Å². The quantitative estimate of drug-likeness (QED) is 0.512. The molecule has 0 aromatic heterocycles. The number of hydrogen-bond acceptors (Lipinski definition) is 2. The molecule has 0 bridgehead atoms. The Labute approximate surface area is 153 Å². The van der Waals surface area contributed by atoms with E-state index >= 15 is 0 Å². The second kappa shape index (κ2) is 5.78. The summed E-state index contributed by atoms with van der Waals surface area (Å²) in [5, 5.41) is 0.759. The molecule has 1 heterocycles. The van der Waals surface area contributed by atoms with Gasteiger partial charge in [-0.25, -0.2) is 0 Å². The first-order valence-electron chi connectivity index (χ1n) is 7.61. The molecule has 2 aromatic carbocycles. The number of benzene rings is 2. The molecular formula is C19H12Cl2N2O2+2. The summed E-state index contributed by atoms with van der Waals surface area (Å²) < 4.78 is 3.25. The van der Waals surface area contributed by atoms with Crippen LogP contribution in [-0.2, 0) is 6.54 Å². The molecule has 122 valence electrons. The van der Waals surface area contributed by atoms with Crippen molar-refractivity contribution in [1.29, 1.82) is 0 Å². The molecule has 1 aliphatic heterocycles. The molecule has 1 aliphatic carbocycles. The highest BCUT2D eigenvalue weighted by Gasteiger charge is 2.33. The predicted octanol–water partition coefficient (Wildman–Crippen LogP) is 3.41. The molecule has 0 saturated carbocycles. The fourth-order valence-corrected chi connectivity index (χ4v) is 3.42. The van der Waals surface area contributed by atoms with Gasteiger partial charge >= 0.3 is 16.3 Å². The second-order valence-corrected chi connectivity index (χ2v) is 6.63. The number of nitrogens with zero attached hydrogens (tertiary/aromatic N) is 2. The SMILES string of the molecule is C[N+]1=C=[N+](Cc2ccc3c(c2)C(=O)c2ccccc2C3=O)C(Cl)=C1Cl. The highest BCUT2D eigenvalue weighted by atomic mass is 35.5. The van der Waals surface area contributed by atoms with E-state index in [0.29, 0.717) is 39.1 Å². The number of halogens is 2. The van der Waals surface area contributed by atoms with Crippen LogP contribution in [0.5, 0.6) is 0 Å². The molecule has 0 spiro atoms. The van der Waals surface area contributed by atoms with E-state index in [-0.39, 0.29) is 11.6 Å². The Hall–Kier alpha value is -2.52. The molecule has 4 rings (SSSR count). The third kappa shape index (κ3) is 2.47. The Kier molecular flexibility index (Phi) is 3.69. The van der Waals surface area contributed by atoms with E-state index < -0.39 is 0 Å². The summed E-state index contributed by atoms with van der Waals surface area (Å²) in [6.45, 7) is 0.399. The number of rotatable bonds is 2. The summed E-state index contributed by atoms with van der Waals surface area (Å²) in [5.41, 5.74) is 2.58. The molecule has 0 fully saturated rings. The Morgan fingerprint density at radius 3 is 2.08 bits per heavy atom. The van der Waals surface area contributed by atoms with Crippen LogP contribution in [-0.4, -0.2) is 33.8 Å². The Bertz CT molecular complexity index is 1080. The molecule has 0 atom stereocenters. The molecule has 0 amide bonds. The number of fused-ring (bicyclic) bond motifs is 2. The van der Waals surface area contributed by atoms with Crippen molar-refractivity contribution in [3.8, 4) is 0 Å². The van der Waals surface area contributed by atoms with Crippen LogP contribution in [0.25, 0.3) is 0 Å². The van der Waals surface area contributed by atoms with Crippen molar-refractivity contribution in [1.82, 2.24) is 0 Å². The van der Waals surface area contributed by atoms with Gasteiger partial charge in [0.1, 0.15) is 0 Å². The number of carbonyl (C=O) groups is 2. The maximum absolute atomic E-state index is 12.8. The maximum atomic E-state index is 12.8. The normalized spacial score (nSPS) is 15.8. The monoisotopic (exact) mass is 370 g/mol. The molecule has 4 nitrogen and oxygen atoms in total. The fourth-order valence-electron chi connectivity index (χ4n) is 3.05. The minimum absolute atomic E-state index is 0.128. The minimum Gasteiger partial charge on any atom is -0.289 e. The lowest BCUT2D eigenvalue weighted by Gasteiger charge is -2.17. The van der Waals surface area contributed by atoms with Gasteiger partial charge in [0.2, 0.25) is 0 Å². The van der Waals surface area contributed by atoms with E-state index in [0.717, 1.165) is 5.56 Å². The lowest BCUT2D eigenvalue weighted by Crippen LogP contribution is -2.21. The fraction of sp³-hybridized carbons (Fsp3) is 0.105. The zero-order chi connectivity index (χ0) is 17.7. The largest absolute Gasteiger partial charge is 0.491 e. The molecule has 0 saturated heterocycles. The molecule has 2 aromatic rings. The molecule has 2 aliphatic rings. The standard InChI is InChI=1S/C19H12Cl2N2O2/c1-22-10-23(19(21)18(22)20)9-11-6-7-14-15(8-11)17(25)13-5-3-2-4-12(13)16(14)24/h2-8H,9H2,1H3/q+2. The van der Waals surface area contributed by atoms with E-state index in [1.165, 1.54) is 0 Å². The van der Waals surface area contributed by atoms with Crippen LogP contribution in [0, 0.1) is 0 Å². The number of carbonyl (C=O) groups excluding carboxylic acids is 2. The predicted molar refractivity (Wildman–Crippen MR) is 93.6 cm³/mol. The van der Waals surface area contributed by atoms with Gasteiger partial charge in [-0.1, -0.05) is 39.5 Å². The zero-order valence-corrected chi connectivity index (χ0v) is 14.7. The summed E-state index contributed by atoms with van der Waals surface area (Å²) in [4.78, 5) is 25.4. The van der Waals surface area contributed by atoms with Crippen LogP contribution < -0.4 is 0 Å². The minimum atomic E-state index is -0.141. The van der Waals surface area contributed by atoms with Crippen molar-refractivity contribution in [2.24, 2.45) is 0 Å². The first-order chi connectivity index (χ1) is 12.0. The summed E-state index contributed by atoms with van der Waals surface area (Å²) in [6, 6.07) is 15.1. The third-order valence-corrected chi connectivity index (χ3v) is 5.21. The van der Waals surface area contributed by atoms with Crippen LogP contribution >= 0.6 is 23.2 Å². The van der Waals surface area contributed by atoms with Crippen molar-refractivity contribution < 1.29 is 18.7 Å². The average molecular weight is 371 g/mol. The smallest absolute Gasteiger partial charge is 0.289 e. The van der Waals surface area contributed by atoms with Gasteiger partial charge in [-0.05, 0) is 35.3 Å². The van der Waals surface area contributed by atoms with Gasteiger partial charge in [0.15, 0.2) is 25.2 Å². The number of hydrogen-bond donors (Lipinski definition) is 0. The summed E-state index contributed by atoms with van der Waals surface area (Å²) >= 11 is 12.2. The first kappa shape index (κ1) is 16.0. The lowest BCUT2D eigenvalue weighted by molar-refractivity contribution is -0.490. The summed E-state index contributed by atoms with van der Waals surface area (Å²) in [6.07, 6.45) is 0. The van der Waals surface area contributed by atoms with Gasteiger partial charge in [-0.3, -0.25) is 9.59 Å². The van der Waals surface area contributed by atoms with Gasteiger partial charge in [0, 0.05) is 27.8 Å². The molecular weight excluding hydrogens is 359 g/mol. The van der Waals surface area contributed by atoms with Gasteiger partial charge < -0.3 is 0 Å². The highest BCUT2D eigenvalue weighted by molar-refractivity contribution is 6.37. The molecule has 25 heavy (non-hydrogen) atoms. The van der Waals surface area contributed by atoms with Crippen molar-refractivity contribution in [3.05, 3.63) is 80.6 Å². The number of ketones is 2.